The third-order valence-corrected chi connectivity index (χ3v) is 7.33. The number of ether oxygens (including phenoxy) is 1. The Morgan fingerprint density at radius 3 is 2.47 bits per heavy atom. The number of anilines is 1. The maximum Gasteiger partial charge on any atom is 0.341 e. The van der Waals surface area contributed by atoms with Crippen LogP contribution < -0.4 is 5.32 Å². The molecule has 0 bridgehead atoms. The van der Waals surface area contributed by atoms with E-state index in [1.807, 2.05) is 0 Å². The number of fused-ring (bicyclic) bond motifs is 1. The molecular weight excluding hydrogens is 424 g/mol. The van der Waals surface area contributed by atoms with Crippen molar-refractivity contribution in [3.05, 3.63) is 45.8 Å². The summed E-state index contributed by atoms with van der Waals surface area (Å²) in [6.45, 7) is 7.83. The highest BCUT2D eigenvalue weighted by Gasteiger charge is 2.30. The summed E-state index contributed by atoms with van der Waals surface area (Å²) in [7, 11) is -3.34. The van der Waals surface area contributed by atoms with E-state index in [2.05, 4.69) is 24.1 Å². The molecular formula is C21H26N2O5S2. The fourth-order valence-electron chi connectivity index (χ4n) is 3.40. The van der Waals surface area contributed by atoms with Gasteiger partial charge in [-0.3, -0.25) is 9.69 Å². The Morgan fingerprint density at radius 2 is 1.90 bits per heavy atom. The summed E-state index contributed by atoms with van der Waals surface area (Å²) >= 11 is 1.40. The first kappa shape index (κ1) is 22.5. The summed E-state index contributed by atoms with van der Waals surface area (Å²) in [5, 5.41) is 3.31. The fourth-order valence-corrected chi connectivity index (χ4v) is 5.29. The molecule has 162 valence electrons. The Balaban J connectivity index is 1.91. The Kier molecular flexibility index (Phi) is 6.64. The number of sulfone groups is 1. The molecule has 0 spiro atoms. The molecule has 1 aromatic heterocycles. The number of rotatable bonds is 6. The van der Waals surface area contributed by atoms with E-state index in [1.54, 1.807) is 6.92 Å². The number of benzene rings is 1. The Labute approximate surface area is 181 Å². The van der Waals surface area contributed by atoms with Crippen molar-refractivity contribution in [2.75, 3.05) is 24.7 Å². The number of esters is 1. The first-order valence-corrected chi connectivity index (χ1v) is 12.5. The van der Waals surface area contributed by atoms with Gasteiger partial charge in [0.2, 0.25) is 0 Å². The summed E-state index contributed by atoms with van der Waals surface area (Å²) < 4.78 is 28.5. The van der Waals surface area contributed by atoms with Gasteiger partial charge in [0.25, 0.3) is 5.91 Å². The zero-order chi connectivity index (χ0) is 22.1. The molecule has 1 aromatic carbocycles. The molecule has 0 unspecified atom stereocenters. The van der Waals surface area contributed by atoms with Gasteiger partial charge in [0.1, 0.15) is 5.00 Å². The van der Waals surface area contributed by atoms with E-state index in [4.69, 9.17) is 4.74 Å². The summed E-state index contributed by atoms with van der Waals surface area (Å²) in [6.07, 6.45) is 1.83. The van der Waals surface area contributed by atoms with Crippen LogP contribution in [0.4, 0.5) is 5.00 Å². The molecule has 9 heteroatoms. The summed E-state index contributed by atoms with van der Waals surface area (Å²) in [5.74, 6) is -0.837. The Morgan fingerprint density at radius 1 is 1.23 bits per heavy atom. The maximum absolute atomic E-state index is 12.8. The third-order valence-electron chi connectivity index (χ3n) is 5.07. The van der Waals surface area contributed by atoms with Crippen LogP contribution in [0, 0.1) is 0 Å². The smallest absolute Gasteiger partial charge is 0.341 e. The highest BCUT2D eigenvalue weighted by atomic mass is 32.2. The van der Waals surface area contributed by atoms with Crippen molar-refractivity contribution in [2.24, 2.45) is 0 Å². The monoisotopic (exact) mass is 450 g/mol. The number of hydrogen-bond donors (Lipinski definition) is 1. The highest BCUT2D eigenvalue weighted by molar-refractivity contribution is 7.90. The maximum atomic E-state index is 12.8. The number of carbonyl (C=O) groups is 2. The van der Waals surface area contributed by atoms with Crippen molar-refractivity contribution < 1.29 is 22.7 Å². The van der Waals surface area contributed by atoms with Crippen LogP contribution >= 0.6 is 11.3 Å². The molecule has 0 saturated carbocycles. The molecule has 1 amide bonds. The molecule has 0 fully saturated rings. The molecule has 3 rings (SSSR count). The van der Waals surface area contributed by atoms with Crippen molar-refractivity contribution in [1.82, 2.24) is 4.90 Å². The minimum Gasteiger partial charge on any atom is -0.462 e. The second-order valence-electron chi connectivity index (χ2n) is 7.49. The van der Waals surface area contributed by atoms with Crippen molar-refractivity contribution >= 4 is 38.1 Å². The van der Waals surface area contributed by atoms with Crippen molar-refractivity contribution in [2.45, 2.75) is 44.7 Å². The average molecular weight is 451 g/mol. The lowest BCUT2D eigenvalue weighted by molar-refractivity contribution is 0.0526. The van der Waals surface area contributed by atoms with Crippen LogP contribution in [0.25, 0.3) is 0 Å². The molecule has 7 nitrogen and oxygen atoms in total. The van der Waals surface area contributed by atoms with Gasteiger partial charge in [-0.2, -0.15) is 0 Å². The van der Waals surface area contributed by atoms with E-state index in [0.29, 0.717) is 22.2 Å². The van der Waals surface area contributed by atoms with Gasteiger partial charge in [-0.15, -0.1) is 11.3 Å². The van der Waals surface area contributed by atoms with E-state index in [1.165, 1.54) is 35.6 Å². The number of nitrogens with zero attached hydrogens (tertiary/aromatic N) is 1. The van der Waals surface area contributed by atoms with Gasteiger partial charge in [0.15, 0.2) is 9.84 Å². The van der Waals surface area contributed by atoms with Crippen LogP contribution in [0.5, 0.6) is 0 Å². The number of hydrogen-bond acceptors (Lipinski definition) is 7. The lowest BCUT2D eigenvalue weighted by Gasteiger charge is -2.30. The van der Waals surface area contributed by atoms with Gasteiger partial charge in [-0.25, -0.2) is 13.2 Å². The Hall–Kier alpha value is -2.23. The van der Waals surface area contributed by atoms with E-state index in [9.17, 15) is 18.0 Å². The SMILES string of the molecule is CCOC(=O)c1c(NC(=O)c2ccc(S(C)(=O)=O)cc2)sc2c1CCN(C(C)C)C2. The predicted molar refractivity (Wildman–Crippen MR) is 117 cm³/mol. The second kappa shape index (κ2) is 8.87. The summed E-state index contributed by atoms with van der Waals surface area (Å²) in [6, 6.07) is 6.11. The average Bonchev–Trinajstić information content (AvgIpc) is 3.04. The van der Waals surface area contributed by atoms with Gasteiger partial charge >= 0.3 is 5.97 Å². The normalized spacial score (nSPS) is 14.4. The molecule has 1 N–H and O–H groups in total. The van der Waals surface area contributed by atoms with Gasteiger partial charge in [-0.1, -0.05) is 0 Å². The number of carbonyl (C=O) groups excluding carboxylic acids is 2. The van der Waals surface area contributed by atoms with Crippen LogP contribution in [-0.4, -0.2) is 50.6 Å². The zero-order valence-electron chi connectivity index (χ0n) is 17.5. The molecule has 0 atom stereocenters. The molecule has 0 aliphatic carbocycles. The van der Waals surface area contributed by atoms with E-state index in [-0.39, 0.29) is 11.5 Å². The van der Waals surface area contributed by atoms with E-state index < -0.39 is 21.7 Å². The molecule has 30 heavy (non-hydrogen) atoms. The second-order valence-corrected chi connectivity index (χ2v) is 10.6. The van der Waals surface area contributed by atoms with E-state index >= 15 is 0 Å². The van der Waals surface area contributed by atoms with Crippen molar-refractivity contribution in [1.29, 1.82) is 0 Å². The lowest BCUT2D eigenvalue weighted by atomic mass is 10.0. The third kappa shape index (κ3) is 4.74. The van der Waals surface area contributed by atoms with Crippen LogP contribution in [0.1, 0.15) is 51.9 Å². The van der Waals surface area contributed by atoms with Gasteiger partial charge in [-0.05, 0) is 57.0 Å². The molecule has 1 aliphatic rings. The number of nitrogens with one attached hydrogen (secondary N) is 1. The highest BCUT2D eigenvalue weighted by Crippen LogP contribution is 2.38. The Bertz CT molecular complexity index is 1060. The van der Waals surface area contributed by atoms with E-state index in [0.717, 1.165) is 36.2 Å². The number of thiophene rings is 1. The molecule has 0 radical (unpaired) electrons. The van der Waals surface area contributed by atoms with Crippen LogP contribution in [0.2, 0.25) is 0 Å². The minimum atomic E-state index is -3.34. The quantitative estimate of drug-likeness (QED) is 0.679. The predicted octanol–water partition coefficient (Wildman–Crippen LogP) is 3.35. The summed E-state index contributed by atoms with van der Waals surface area (Å²) in [4.78, 5) is 28.9. The van der Waals surface area contributed by atoms with Crippen LogP contribution in [-0.2, 0) is 27.5 Å². The topological polar surface area (TPSA) is 92.8 Å². The number of amides is 1. The first-order chi connectivity index (χ1) is 14.1. The van der Waals surface area contributed by atoms with Gasteiger partial charge in [0, 0.05) is 35.8 Å². The molecule has 1 aliphatic heterocycles. The van der Waals surface area contributed by atoms with Crippen molar-refractivity contribution in [3.63, 3.8) is 0 Å². The standard InChI is InChI=1S/C21H26N2O5S2/c1-5-28-21(25)18-16-10-11-23(13(2)3)12-17(16)29-20(18)22-19(24)14-6-8-15(9-7-14)30(4,26)27/h6-9,13H,5,10-12H2,1-4H3,(H,22,24). The largest absolute Gasteiger partial charge is 0.462 e. The molecule has 0 saturated heterocycles. The minimum absolute atomic E-state index is 0.145. The van der Waals surface area contributed by atoms with Gasteiger partial charge < -0.3 is 10.1 Å². The zero-order valence-corrected chi connectivity index (χ0v) is 19.2. The molecule has 2 aromatic rings. The summed E-state index contributed by atoms with van der Waals surface area (Å²) in [5.41, 5.74) is 1.69. The van der Waals surface area contributed by atoms with Crippen LogP contribution in [0.15, 0.2) is 29.2 Å². The van der Waals surface area contributed by atoms with Crippen molar-refractivity contribution in [3.8, 4) is 0 Å². The lowest BCUT2D eigenvalue weighted by Crippen LogP contribution is -2.35. The first-order valence-electron chi connectivity index (χ1n) is 9.79. The fraction of sp³-hybridized carbons (Fsp3) is 0.429. The van der Waals surface area contributed by atoms with Crippen LogP contribution in [0.3, 0.4) is 0 Å². The molecule has 2 heterocycles. The van der Waals surface area contributed by atoms with Gasteiger partial charge in [0.05, 0.1) is 17.1 Å².